The summed E-state index contributed by atoms with van der Waals surface area (Å²) >= 11 is 0. The number of amides is 2. The maximum atomic E-state index is 14.3. The quantitative estimate of drug-likeness (QED) is 0.801. The largest absolute Gasteiger partial charge is 0.368 e. The number of morpholine rings is 1. The molecule has 2 amide bonds. The third-order valence-electron chi connectivity index (χ3n) is 5.99. The molecule has 4 rings (SSSR count). The summed E-state index contributed by atoms with van der Waals surface area (Å²) < 4.78 is 20.3. The molecular weight excluding hydrogens is 313 g/mol. The first kappa shape index (κ1) is 16.3. The number of likely N-dealkylation sites (tertiary alicyclic amines) is 1. The Morgan fingerprint density at radius 1 is 1.25 bits per heavy atom. The molecule has 7 heteroatoms. The second-order valence-corrected chi connectivity index (χ2v) is 7.98. The van der Waals surface area contributed by atoms with Gasteiger partial charge in [0.15, 0.2) is 5.67 Å². The summed E-state index contributed by atoms with van der Waals surface area (Å²) in [4.78, 5) is 28.2. The second kappa shape index (κ2) is 5.66. The van der Waals surface area contributed by atoms with Gasteiger partial charge in [0.1, 0.15) is 11.6 Å². The number of likely N-dealkylation sites (N-methyl/N-ethyl adjacent to an activating group) is 1. The van der Waals surface area contributed by atoms with E-state index >= 15 is 0 Å². The van der Waals surface area contributed by atoms with Gasteiger partial charge < -0.3 is 15.0 Å². The molecule has 0 radical (unpaired) electrons. The highest BCUT2D eigenvalue weighted by atomic mass is 19.1. The maximum absolute atomic E-state index is 14.3. The number of carbonyl (C=O) groups excluding carboxylic acids is 2. The molecule has 2 aliphatic carbocycles. The van der Waals surface area contributed by atoms with Crippen molar-refractivity contribution in [3.8, 4) is 0 Å². The predicted molar refractivity (Wildman–Crippen MR) is 85.1 cm³/mol. The lowest BCUT2D eigenvalue weighted by atomic mass is 9.79. The summed E-state index contributed by atoms with van der Waals surface area (Å²) in [5.41, 5.74) is -2.05. The van der Waals surface area contributed by atoms with E-state index in [-0.39, 0.29) is 17.9 Å². The van der Waals surface area contributed by atoms with Crippen LogP contribution in [0.25, 0.3) is 0 Å². The molecule has 6 nitrogen and oxygen atoms in total. The van der Waals surface area contributed by atoms with Gasteiger partial charge >= 0.3 is 0 Å². The van der Waals surface area contributed by atoms with Crippen molar-refractivity contribution < 1.29 is 18.7 Å². The van der Waals surface area contributed by atoms with Crippen molar-refractivity contribution in [2.75, 3.05) is 39.8 Å². The lowest BCUT2D eigenvalue weighted by Gasteiger charge is -2.56. The highest BCUT2D eigenvalue weighted by Gasteiger charge is 2.57. The first-order valence-electron chi connectivity index (χ1n) is 9.03. The van der Waals surface area contributed by atoms with Crippen LogP contribution in [-0.2, 0) is 14.3 Å². The highest BCUT2D eigenvalue weighted by molar-refractivity contribution is 5.87. The fourth-order valence-electron chi connectivity index (χ4n) is 4.09. The molecule has 0 aromatic carbocycles. The van der Waals surface area contributed by atoms with Crippen LogP contribution in [0.1, 0.15) is 32.1 Å². The van der Waals surface area contributed by atoms with E-state index in [1.807, 2.05) is 0 Å². The Labute approximate surface area is 141 Å². The molecule has 2 aliphatic heterocycles. The SMILES string of the molecule is CNC(=O)[C@@H]1COC2(CN(C(=O)C3(F)CCC3)C2)CN1CC1CC1. The van der Waals surface area contributed by atoms with Crippen molar-refractivity contribution in [1.29, 1.82) is 0 Å². The van der Waals surface area contributed by atoms with Gasteiger partial charge in [0.05, 0.1) is 19.7 Å². The van der Waals surface area contributed by atoms with Crippen LogP contribution in [0.5, 0.6) is 0 Å². The van der Waals surface area contributed by atoms with E-state index in [0.29, 0.717) is 45.0 Å². The zero-order valence-corrected chi connectivity index (χ0v) is 14.2. The minimum Gasteiger partial charge on any atom is -0.368 e. The molecule has 134 valence electrons. The molecule has 0 bridgehead atoms. The Balaban J connectivity index is 1.39. The van der Waals surface area contributed by atoms with Gasteiger partial charge in [-0.2, -0.15) is 0 Å². The summed E-state index contributed by atoms with van der Waals surface area (Å²) in [6, 6.07) is -0.259. The number of alkyl halides is 1. The Morgan fingerprint density at radius 2 is 1.96 bits per heavy atom. The zero-order valence-electron chi connectivity index (χ0n) is 14.2. The van der Waals surface area contributed by atoms with Crippen molar-refractivity contribution >= 4 is 11.8 Å². The molecule has 2 saturated carbocycles. The van der Waals surface area contributed by atoms with Crippen LogP contribution in [0.2, 0.25) is 0 Å². The van der Waals surface area contributed by atoms with Gasteiger partial charge in [-0.3, -0.25) is 14.5 Å². The van der Waals surface area contributed by atoms with Crippen LogP contribution >= 0.6 is 0 Å². The van der Waals surface area contributed by atoms with Crippen molar-refractivity contribution in [3.05, 3.63) is 0 Å². The Hall–Kier alpha value is -1.21. The molecule has 1 N–H and O–H groups in total. The second-order valence-electron chi connectivity index (χ2n) is 7.98. The van der Waals surface area contributed by atoms with Crippen LogP contribution in [0.4, 0.5) is 4.39 Å². The van der Waals surface area contributed by atoms with E-state index < -0.39 is 11.3 Å². The van der Waals surface area contributed by atoms with Crippen molar-refractivity contribution in [1.82, 2.24) is 15.1 Å². The molecule has 4 fully saturated rings. The number of carbonyl (C=O) groups is 2. The summed E-state index contributed by atoms with van der Waals surface area (Å²) in [7, 11) is 1.64. The maximum Gasteiger partial charge on any atom is 0.260 e. The van der Waals surface area contributed by atoms with Gasteiger partial charge in [-0.05, 0) is 38.0 Å². The Morgan fingerprint density at radius 3 is 2.50 bits per heavy atom. The van der Waals surface area contributed by atoms with E-state index in [1.165, 1.54) is 12.8 Å². The van der Waals surface area contributed by atoms with E-state index in [9.17, 15) is 14.0 Å². The van der Waals surface area contributed by atoms with Gasteiger partial charge in [-0.15, -0.1) is 0 Å². The zero-order chi connectivity index (χ0) is 16.9. The monoisotopic (exact) mass is 339 g/mol. The van der Waals surface area contributed by atoms with Gasteiger partial charge in [-0.25, -0.2) is 4.39 Å². The first-order chi connectivity index (χ1) is 11.4. The number of hydrogen-bond acceptors (Lipinski definition) is 4. The Kier molecular flexibility index (Phi) is 3.84. The predicted octanol–water partition coefficient (Wildman–Crippen LogP) is 0.316. The molecule has 1 spiro atoms. The number of nitrogens with one attached hydrogen (secondary N) is 1. The van der Waals surface area contributed by atoms with Gasteiger partial charge in [0, 0.05) is 20.1 Å². The van der Waals surface area contributed by atoms with Crippen molar-refractivity contribution in [3.63, 3.8) is 0 Å². The molecule has 2 heterocycles. The fraction of sp³-hybridized carbons (Fsp3) is 0.882. The number of rotatable bonds is 4. The number of halogens is 1. The van der Waals surface area contributed by atoms with Gasteiger partial charge in [0.2, 0.25) is 5.91 Å². The number of hydrogen-bond donors (Lipinski definition) is 1. The molecule has 0 aromatic rings. The average molecular weight is 339 g/mol. The van der Waals surface area contributed by atoms with E-state index in [1.54, 1.807) is 11.9 Å². The summed E-state index contributed by atoms with van der Waals surface area (Å²) in [6.45, 7) is 2.78. The number of nitrogens with zero attached hydrogens (tertiary/aromatic N) is 2. The molecule has 0 aromatic heterocycles. The minimum absolute atomic E-state index is 0.0186. The molecule has 4 aliphatic rings. The average Bonchev–Trinajstić information content (AvgIpc) is 3.32. The summed E-state index contributed by atoms with van der Waals surface area (Å²) in [6.07, 6.45) is 3.94. The third kappa shape index (κ3) is 2.71. The molecule has 1 atom stereocenters. The van der Waals surface area contributed by atoms with Crippen LogP contribution in [0.15, 0.2) is 0 Å². The Bertz CT molecular complexity index is 541. The number of ether oxygens (including phenoxy) is 1. The van der Waals surface area contributed by atoms with Crippen LogP contribution < -0.4 is 5.32 Å². The van der Waals surface area contributed by atoms with Crippen LogP contribution in [-0.4, -0.2) is 78.8 Å². The smallest absolute Gasteiger partial charge is 0.260 e. The van der Waals surface area contributed by atoms with E-state index in [0.717, 1.165) is 13.0 Å². The van der Waals surface area contributed by atoms with Crippen molar-refractivity contribution in [2.24, 2.45) is 5.92 Å². The van der Waals surface area contributed by atoms with Gasteiger partial charge in [-0.1, -0.05) is 0 Å². The molecule has 24 heavy (non-hydrogen) atoms. The molecular formula is C17H26FN3O3. The summed E-state index contributed by atoms with van der Waals surface area (Å²) in [5, 5.41) is 2.71. The highest BCUT2D eigenvalue weighted by Crippen LogP contribution is 2.41. The first-order valence-corrected chi connectivity index (χ1v) is 9.03. The lowest BCUT2D eigenvalue weighted by Crippen LogP contribution is -2.75. The molecule has 0 unspecified atom stereocenters. The van der Waals surface area contributed by atoms with E-state index in [4.69, 9.17) is 4.74 Å². The van der Waals surface area contributed by atoms with Crippen LogP contribution in [0.3, 0.4) is 0 Å². The third-order valence-corrected chi connectivity index (χ3v) is 5.99. The van der Waals surface area contributed by atoms with Gasteiger partial charge in [0.25, 0.3) is 5.91 Å². The van der Waals surface area contributed by atoms with E-state index in [2.05, 4.69) is 10.2 Å². The molecule has 2 saturated heterocycles. The minimum atomic E-state index is -1.63. The van der Waals surface area contributed by atoms with Crippen LogP contribution in [0, 0.1) is 5.92 Å². The lowest BCUT2D eigenvalue weighted by molar-refractivity contribution is -0.211. The summed E-state index contributed by atoms with van der Waals surface area (Å²) in [5.74, 6) is 0.286. The normalized spacial score (nSPS) is 31.2. The van der Waals surface area contributed by atoms with Crippen molar-refractivity contribution in [2.45, 2.75) is 49.4 Å². The standard InChI is InChI=1S/C17H26FN3O3/c1-19-14(22)13-8-24-16(9-20(13)7-12-3-4-12)10-21(11-16)15(23)17(18)5-2-6-17/h12-13H,2-11H2,1H3,(H,19,22)/t13-/m0/s1. The fourth-order valence-corrected chi connectivity index (χ4v) is 4.09. The topological polar surface area (TPSA) is 61.9 Å².